The smallest absolute Gasteiger partial charge is 0.264 e. The first-order chi connectivity index (χ1) is 7.72. The number of carbonyl (C=O) groups is 1. The van der Waals surface area contributed by atoms with Crippen molar-refractivity contribution in [2.75, 3.05) is 19.3 Å². The van der Waals surface area contributed by atoms with Gasteiger partial charge in [-0.25, -0.2) is 0 Å². The second kappa shape index (κ2) is 4.94. The molecular weight excluding hydrogens is 238 g/mol. The number of amides is 1. The average molecular weight is 251 g/mol. The van der Waals surface area contributed by atoms with Crippen LogP contribution >= 0.6 is 23.1 Å². The lowest BCUT2D eigenvalue weighted by molar-refractivity contribution is 0.0817. The lowest BCUT2D eigenvalue weighted by Gasteiger charge is -2.11. The highest BCUT2D eigenvalue weighted by atomic mass is 32.2. The molecule has 1 amide bonds. The minimum absolute atomic E-state index is 0.0438. The maximum atomic E-state index is 12.0. The predicted molar refractivity (Wildman–Crippen MR) is 70.0 cm³/mol. The van der Waals surface area contributed by atoms with Crippen LogP contribution in [0.5, 0.6) is 0 Å². The van der Waals surface area contributed by atoms with Crippen LogP contribution in [0.4, 0.5) is 0 Å². The van der Waals surface area contributed by atoms with Crippen molar-refractivity contribution in [3.8, 4) is 12.3 Å². The largest absolute Gasteiger partial charge is 0.330 e. The average Bonchev–Trinajstić information content (AvgIpc) is 2.71. The Morgan fingerprint density at radius 2 is 2.50 bits per heavy atom. The van der Waals surface area contributed by atoms with Crippen molar-refractivity contribution in [2.45, 2.75) is 12.2 Å². The molecule has 1 aliphatic heterocycles. The molecule has 2 heterocycles. The van der Waals surface area contributed by atoms with Crippen LogP contribution in [-0.4, -0.2) is 30.2 Å². The van der Waals surface area contributed by atoms with Crippen molar-refractivity contribution in [1.29, 1.82) is 0 Å². The van der Waals surface area contributed by atoms with E-state index in [2.05, 4.69) is 5.92 Å². The molecule has 0 saturated carbocycles. The fourth-order valence-corrected chi connectivity index (χ4v) is 4.02. The fraction of sp³-hybridized carbons (Fsp3) is 0.417. The summed E-state index contributed by atoms with van der Waals surface area (Å²) in [6.07, 6.45) is 6.29. The second-order valence-electron chi connectivity index (χ2n) is 3.73. The number of hydrogen-bond donors (Lipinski definition) is 0. The highest BCUT2D eigenvalue weighted by Crippen LogP contribution is 2.32. The number of rotatable bonds is 2. The summed E-state index contributed by atoms with van der Waals surface area (Å²) in [6.45, 7) is 0.371. The van der Waals surface area contributed by atoms with Crippen LogP contribution in [0, 0.1) is 12.3 Å². The monoisotopic (exact) mass is 251 g/mol. The van der Waals surface area contributed by atoms with Crippen LogP contribution in [0.3, 0.4) is 0 Å². The van der Waals surface area contributed by atoms with Gasteiger partial charge in [-0.1, -0.05) is 5.92 Å². The Bertz CT molecular complexity index is 421. The molecule has 0 N–H and O–H groups in total. The summed E-state index contributed by atoms with van der Waals surface area (Å²) in [4.78, 5) is 15.8. The van der Waals surface area contributed by atoms with Crippen molar-refractivity contribution in [3.63, 3.8) is 0 Å². The van der Waals surface area contributed by atoms with E-state index >= 15 is 0 Å². The number of nitrogens with zero attached hydrogens (tertiary/aromatic N) is 1. The van der Waals surface area contributed by atoms with Gasteiger partial charge in [0, 0.05) is 17.7 Å². The zero-order valence-electron chi connectivity index (χ0n) is 9.16. The second-order valence-corrected chi connectivity index (χ2v) is 5.97. The maximum absolute atomic E-state index is 12.0. The summed E-state index contributed by atoms with van der Waals surface area (Å²) in [5, 5.41) is 0. The van der Waals surface area contributed by atoms with Gasteiger partial charge in [0.25, 0.3) is 5.91 Å². The van der Waals surface area contributed by atoms with Gasteiger partial charge in [-0.15, -0.1) is 17.8 Å². The van der Waals surface area contributed by atoms with E-state index in [0.717, 1.165) is 17.1 Å². The summed E-state index contributed by atoms with van der Waals surface area (Å²) in [6, 6.07) is 2.03. The van der Waals surface area contributed by atoms with E-state index in [0.29, 0.717) is 6.54 Å². The molecular formula is C12H13NOS2. The fourth-order valence-electron chi connectivity index (χ4n) is 1.65. The van der Waals surface area contributed by atoms with E-state index in [-0.39, 0.29) is 5.91 Å². The van der Waals surface area contributed by atoms with E-state index in [1.54, 1.807) is 23.3 Å². The van der Waals surface area contributed by atoms with Crippen molar-refractivity contribution in [2.24, 2.45) is 0 Å². The molecule has 1 aliphatic rings. The molecule has 2 nitrogen and oxygen atoms in total. The van der Waals surface area contributed by atoms with Gasteiger partial charge >= 0.3 is 0 Å². The van der Waals surface area contributed by atoms with Crippen molar-refractivity contribution < 1.29 is 4.79 Å². The lowest BCUT2D eigenvalue weighted by Crippen LogP contribution is -2.26. The van der Waals surface area contributed by atoms with Gasteiger partial charge in [0.2, 0.25) is 0 Å². The number of terminal acetylenes is 1. The molecule has 0 saturated heterocycles. The number of fused-ring (bicyclic) bond motifs is 1. The van der Waals surface area contributed by atoms with Crippen molar-refractivity contribution >= 4 is 29.0 Å². The standard InChI is InChI=1S/C12H13NOS2/c1-3-5-13(2)12(14)11-7-9-8-15-6-4-10(9)16-11/h1,7H,4-6,8H2,2H3. The Labute approximate surface area is 104 Å². The molecule has 0 spiro atoms. The summed E-state index contributed by atoms with van der Waals surface area (Å²) in [5.74, 6) is 4.74. The summed E-state index contributed by atoms with van der Waals surface area (Å²) in [5.41, 5.74) is 1.33. The summed E-state index contributed by atoms with van der Waals surface area (Å²) < 4.78 is 0. The first-order valence-corrected chi connectivity index (χ1v) is 7.07. The topological polar surface area (TPSA) is 20.3 Å². The van der Waals surface area contributed by atoms with Crippen LogP contribution in [0.2, 0.25) is 0 Å². The summed E-state index contributed by atoms with van der Waals surface area (Å²) in [7, 11) is 1.75. The van der Waals surface area contributed by atoms with Crippen LogP contribution in [0.15, 0.2) is 6.07 Å². The number of aryl methyl sites for hydroxylation is 1. The highest BCUT2D eigenvalue weighted by Gasteiger charge is 2.19. The summed E-state index contributed by atoms with van der Waals surface area (Å²) >= 11 is 3.56. The maximum Gasteiger partial charge on any atom is 0.264 e. The zero-order chi connectivity index (χ0) is 11.5. The van der Waals surface area contributed by atoms with Gasteiger partial charge in [0.05, 0.1) is 11.4 Å². The molecule has 0 bridgehead atoms. The van der Waals surface area contributed by atoms with Gasteiger partial charge in [-0.05, 0) is 23.8 Å². The molecule has 1 aromatic heterocycles. The highest BCUT2D eigenvalue weighted by molar-refractivity contribution is 7.98. The van der Waals surface area contributed by atoms with Gasteiger partial charge in [-0.3, -0.25) is 4.79 Å². The first kappa shape index (κ1) is 11.6. The zero-order valence-corrected chi connectivity index (χ0v) is 10.8. The predicted octanol–water partition coefficient (Wildman–Crippen LogP) is 2.24. The van der Waals surface area contributed by atoms with Gasteiger partial charge in [-0.2, -0.15) is 11.8 Å². The minimum atomic E-state index is 0.0438. The quantitative estimate of drug-likeness (QED) is 0.751. The first-order valence-electron chi connectivity index (χ1n) is 5.10. The van der Waals surface area contributed by atoms with Gasteiger partial charge < -0.3 is 4.90 Å². The van der Waals surface area contributed by atoms with E-state index < -0.39 is 0 Å². The molecule has 0 radical (unpaired) electrons. The normalized spacial score (nSPS) is 14.0. The van der Waals surface area contributed by atoms with Crippen LogP contribution in [0.1, 0.15) is 20.1 Å². The van der Waals surface area contributed by atoms with E-state index in [4.69, 9.17) is 6.42 Å². The Balaban J connectivity index is 2.18. The van der Waals surface area contributed by atoms with Crippen molar-refractivity contribution in [3.05, 3.63) is 21.4 Å². The number of thiophene rings is 1. The Morgan fingerprint density at radius 3 is 3.19 bits per heavy atom. The number of thioether (sulfide) groups is 1. The van der Waals surface area contributed by atoms with E-state index in [1.165, 1.54) is 16.2 Å². The Kier molecular flexibility index (Phi) is 3.57. The Hall–Kier alpha value is -0.920. The Morgan fingerprint density at radius 1 is 1.69 bits per heavy atom. The molecule has 16 heavy (non-hydrogen) atoms. The molecule has 1 aromatic rings. The molecule has 0 unspecified atom stereocenters. The van der Waals surface area contributed by atoms with Gasteiger partial charge in [0.1, 0.15) is 0 Å². The molecule has 4 heteroatoms. The lowest BCUT2D eigenvalue weighted by atomic mass is 10.2. The van der Waals surface area contributed by atoms with Crippen LogP contribution in [-0.2, 0) is 12.2 Å². The van der Waals surface area contributed by atoms with Crippen LogP contribution in [0.25, 0.3) is 0 Å². The van der Waals surface area contributed by atoms with Gasteiger partial charge in [0.15, 0.2) is 0 Å². The third-order valence-electron chi connectivity index (χ3n) is 2.51. The van der Waals surface area contributed by atoms with Crippen molar-refractivity contribution in [1.82, 2.24) is 4.90 Å². The number of carbonyl (C=O) groups excluding carboxylic acids is 1. The SMILES string of the molecule is C#CCN(C)C(=O)c1cc2c(s1)CCSC2. The molecule has 0 aliphatic carbocycles. The number of hydrogen-bond acceptors (Lipinski definition) is 3. The molecule has 0 atom stereocenters. The van der Waals surface area contributed by atoms with E-state index in [1.807, 2.05) is 17.8 Å². The third-order valence-corrected chi connectivity index (χ3v) is 4.75. The van der Waals surface area contributed by atoms with E-state index in [9.17, 15) is 4.79 Å². The molecule has 0 fully saturated rings. The molecule has 84 valence electrons. The molecule has 0 aromatic carbocycles. The minimum Gasteiger partial charge on any atom is -0.330 e. The third kappa shape index (κ3) is 2.26. The van der Waals surface area contributed by atoms with Crippen LogP contribution < -0.4 is 0 Å². The molecule has 2 rings (SSSR count).